The molecular weight excluding hydrogens is 218 g/mol. The molecule has 4 heteroatoms. The average molecular weight is 233 g/mol. The van der Waals surface area contributed by atoms with E-state index in [2.05, 4.69) is 26.7 Å². The lowest BCUT2D eigenvalue weighted by Crippen LogP contribution is -2.05. The van der Waals surface area contributed by atoms with Gasteiger partial charge in [0, 0.05) is 30.2 Å². The Hall–Kier alpha value is -1.42. The van der Waals surface area contributed by atoms with E-state index in [1.54, 1.807) is 11.3 Å². The highest BCUT2D eigenvalue weighted by Gasteiger charge is 1.98. The summed E-state index contributed by atoms with van der Waals surface area (Å²) in [4.78, 5) is 8.70. The first-order chi connectivity index (χ1) is 7.74. The van der Waals surface area contributed by atoms with Gasteiger partial charge >= 0.3 is 0 Å². The van der Waals surface area contributed by atoms with Crippen LogP contribution in [0.25, 0.3) is 0 Å². The van der Waals surface area contributed by atoms with E-state index >= 15 is 0 Å². The normalized spacial score (nSPS) is 10.4. The maximum Gasteiger partial charge on any atom is 0.125 e. The van der Waals surface area contributed by atoms with Gasteiger partial charge in [-0.3, -0.25) is 0 Å². The van der Waals surface area contributed by atoms with Gasteiger partial charge in [-0.1, -0.05) is 6.07 Å². The molecule has 2 rings (SSSR count). The minimum atomic E-state index is 0.878. The molecule has 84 valence electrons. The molecule has 0 aliphatic heterocycles. The first-order valence-electron chi connectivity index (χ1n) is 5.31. The summed E-state index contributed by atoms with van der Waals surface area (Å²) >= 11 is 1.72. The van der Waals surface area contributed by atoms with E-state index < -0.39 is 0 Å². The van der Waals surface area contributed by atoms with Crippen LogP contribution in [0, 0.1) is 13.8 Å². The number of anilines is 1. The Morgan fingerprint density at radius 1 is 1.31 bits per heavy atom. The van der Waals surface area contributed by atoms with Crippen molar-refractivity contribution < 1.29 is 0 Å². The first kappa shape index (κ1) is 11.1. The molecule has 0 fully saturated rings. The molecule has 0 bridgehead atoms. The molecule has 0 amide bonds. The van der Waals surface area contributed by atoms with Crippen LogP contribution in [0.4, 0.5) is 5.82 Å². The van der Waals surface area contributed by atoms with E-state index in [0.717, 1.165) is 24.5 Å². The summed E-state index contributed by atoms with van der Waals surface area (Å²) < 4.78 is 0. The predicted octanol–water partition coefficient (Wildman–Crippen LogP) is 2.81. The van der Waals surface area contributed by atoms with Gasteiger partial charge in [-0.2, -0.15) is 0 Å². The number of hydrogen-bond acceptors (Lipinski definition) is 4. The molecule has 0 spiro atoms. The average Bonchev–Trinajstić information content (AvgIpc) is 2.67. The van der Waals surface area contributed by atoms with Crippen LogP contribution in [0.2, 0.25) is 0 Å². The fourth-order valence-electron chi connectivity index (χ4n) is 1.39. The first-order valence-corrected chi connectivity index (χ1v) is 6.19. The maximum absolute atomic E-state index is 4.41. The van der Waals surface area contributed by atoms with Crippen molar-refractivity contribution in [2.45, 2.75) is 20.3 Å². The van der Waals surface area contributed by atoms with Crippen molar-refractivity contribution in [3.8, 4) is 0 Å². The standard InChI is InChI=1S/C12H15N3S/c1-9-3-4-11(14-7-9)13-6-5-12-15-10(2)8-16-12/h3-4,7-8H,5-6H2,1-2H3,(H,13,14). The molecule has 0 saturated carbocycles. The highest BCUT2D eigenvalue weighted by Crippen LogP contribution is 2.10. The number of nitrogens with zero attached hydrogens (tertiary/aromatic N) is 2. The number of rotatable bonds is 4. The fourth-order valence-corrected chi connectivity index (χ4v) is 2.16. The van der Waals surface area contributed by atoms with Crippen LogP contribution in [0.15, 0.2) is 23.7 Å². The van der Waals surface area contributed by atoms with Crippen LogP contribution in [0.3, 0.4) is 0 Å². The Morgan fingerprint density at radius 3 is 2.81 bits per heavy atom. The molecule has 2 heterocycles. The fraction of sp³-hybridized carbons (Fsp3) is 0.333. The minimum absolute atomic E-state index is 0.878. The molecule has 0 atom stereocenters. The summed E-state index contributed by atoms with van der Waals surface area (Å²) in [6, 6.07) is 4.06. The van der Waals surface area contributed by atoms with Crippen molar-refractivity contribution in [2.24, 2.45) is 0 Å². The number of aryl methyl sites for hydroxylation is 2. The molecule has 2 aromatic rings. The van der Waals surface area contributed by atoms with Gasteiger partial charge in [0.15, 0.2) is 0 Å². The number of thiazole rings is 1. The molecule has 2 aromatic heterocycles. The van der Waals surface area contributed by atoms with E-state index in [1.165, 1.54) is 10.6 Å². The van der Waals surface area contributed by atoms with Gasteiger partial charge in [-0.25, -0.2) is 9.97 Å². The Bertz CT molecular complexity index is 448. The van der Waals surface area contributed by atoms with Crippen LogP contribution < -0.4 is 5.32 Å². The third-order valence-electron chi connectivity index (χ3n) is 2.22. The van der Waals surface area contributed by atoms with Crippen molar-refractivity contribution in [3.63, 3.8) is 0 Å². The van der Waals surface area contributed by atoms with Gasteiger partial charge in [-0.05, 0) is 25.5 Å². The summed E-state index contributed by atoms with van der Waals surface area (Å²) in [5.74, 6) is 0.930. The lowest BCUT2D eigenvalue weighted by atomic mass is 10.3. The summed E-state index contributed by atoms with van der Waals surface area (Å²) in [6.45, 7) is 4.94. The minimum Gasteiger partial charge on any atom is -0.370 e. The highest BCUT2D eigenvalue weighted by molar-refractivity contribution is 7.09. The van der Waals surface area contributed by atoms with Crippen molar-refractivity contribution >= 4 is 17.2 Å². The molecule has 16 heavy (non-hydrogen) atoms. The van der Waals surface area contributed by atoms with Crippen LogP contribution >= 0.6 is 11.3 Å². The van der Waals surface area contributed by atoms with Crippen LogP contribution in [0.5, 0.6) is 0 Å². The zero-order chi connectivity index (χ0) is 11.4. The van der Waals surface area contributed by atoms with Gasteiger partial charge in [0.05, 0.1) is 5.01 Å². The quantitative estimate of drug-likeness (QED) is 0.882. The lowest BCUT2D eigenvalue weighted by molar-refractivity contribution is 0.977. The van der Waals surface area contributed by atoms with E-state index in [0.29, 0.717) is 0 Å². The second-order valence-electron chi connectivity index (χ2n) is 3.78. The predicted molar refractivity (Wildman–Crippen MR) is 68.0 cm³/mol. The lowest BCUT2D eigenvalue weighted by Gasteiger charge is -2.03. The maximum atomic E-state index is 4.41. The summed E-state index contributed by atoms with van der Waals surface area (Å²) in [7, 11) is 0. The van der Waals surface area contributed by atoms with Gasteiger partial charge in [0.2, 0.25) is 0 Å². The molecule has 0 unspecified atom stereocenters. The second kappa shape index (κ2) is 5.07. The number of aromatic nitrogens is 2. The molecule has 0 aliphatic rings. The number of nitrogens with one attached hydrogen (secondary N) is 1. The van der Waals surface area contributed by atoms with E-state index in [4.69, 9.17) is 0 Å². The Balaban J connectivity index is 1.82. The van der Waals surface area contributed by atoms with Crippen molar-refractivity contribution in [1.29, 1.82) is 0 Å². The third kappa shape index (κ3) is 3.03. The van der Waals surface area contributed by atoms with Crippen LogP contribution in [-0.2, 0) is 6.42 Å². The van der Waals surface area contributed by atoms with E-state index in [1.807, 2.05) is 26.1 Å². The van der Waals surface area contributed by atoms with E-state index in [-0.39, 0.29) is 0 Å². The van der Waals surface area contributed by atoms with Crippen LogP contribution in [-0.4, -0.2) is 16.5 Å². The molecule has 0 aromatic carbocycles. The second-order valence-corrected chi connectivity index (χ2v) is 4.72. The molecule has 3 nitrogen and oxygen atoms in total. The van der Waals surface area contributed by atoms with Gasteiger partial charge in [0.1, 0.15) is 5.82 Å². The third-order valence-corrected chi connectivity index (χ3v) is 3.25. The topological polar surface area (TPSA) is 37.8 Å². The Labute approximate surface area is 99.6 Å². The van der Waals surface area contributed by atoms with Crippen molar-refractivity contribution in [1.82, 2.24) is 9.97 Å². The largest absolute Gasteiger partial charge is 0.370 e. The number of hydrogen-bond donors (Lipinski definition) is 1. The zero-order valence-electron chi connectivity index (χ0n) is 9.53. The van der Waals surface area contributed by atoms with E-state index in [9.17, 15) is 0 Å². The SMILES string of the molecule is Cc1ccc(NCCc2nc(C)cs2)nc1. The molecular formula is C12H15N3S. The van der Waals surface area contributed by atoms with Crippen molar-refractivity contribution in [3.05, 3.63) is 40.0 Å². The van der Waals surface area contributed by atoms with Gasteiger partial charge in [-0.15, -0.1) is 11.3 Å². The monoisotopic (exact) mass is 233 g/mol. The Morgan fingerprint density at radius 2 is 2.19 bits per heavy atom. The highest BCUT2D eigenvalue weighted by atomic mass is 32.1. The zero-order valence-corrected chi connectivity index (χ0v) is 10.3. The van der Waals surface area contributed by atoms with Gasteiger partial charge in [0.25, 0.3) is 0 Å². The molecule has 0 saturated heterocycles. The van der Waals surface area contributed by atoms with Crippen LogP contribution in [0.1, 0.15) is 16.3 Å². The smallest absolute Gasteiger partial charge is 0.125 e. The molecule has 1 N–H and O–H groups in total. The summed E-state index contributed by atoms with van der Waals surface area (Å²) in [5.41, 5.74) is 2.29. The molecule has 0 radical (unpaired) electrons. The number of pyridine rings is 1. The van der Waals surface area contributed by atoms with Crippen molar-refractivity contribution in [2.75, 3.05) is 11.9 Å². The summed E-state index contributed by atoms with van der Waals surface area (Å²) in [6.07, 6.45) is 2.82. The van der Waals surface area contributed by atoms with Gasteiger partial charge < -0.3 is 5.32 Å². The Kier molecular flexibility index (Phi) is 3.51. The molecule has 0 aliphatic carbocycles. The summed E-state index contributed by atoms with van der Waals surface area (Å²) in [5, 5.41) is 6.55.